The van der Waals surface area contributed by atoms with Gasteiger partial charge in [0, 0.05) is 5.33 Å². The topological polar surface area (TPSA) is 0 Å². The molecule has 0 saturated carbocycles. The Morgan fingerprint density at radius 2 is 1.62 bits per heavy atom. The van der Waals surface area contributed by atoms with Crippen LogP contribution in [0, 0.1) is 0 Å². The zero-order valence-corrected chi connectivity index (χ0v) is 8.89. The predicted molar refractivity (Wildman–Crippen MR) is 69.1 cm³/mol. The van der Waals surface area contributed by atoms with Gasteiger partial charge in [0.1, 0.15) is 0 Å². The molecule has 0 atom stereocenters. The van der Waals surface area contributed by atoms with Crippen LogP contribution in [0.25, 0.3) is 0 Å². The highest BCUT2D eigenvalue weighted by Gasteiger charge is 1.90. The van der Waals surface area contributed by atoms with Crippen LogP contribution in [0.3, 0.4) is 0 Å². The van der Waals surface area contributed by atoms with Crippen molar-refractivity contribution < 1.29 is 0 Å². The second kappa shape index (κ2) is 8.51. The van der Waals surface area contributed by atoms with Gasteiger partial charge >= 0.3 is 0 Å². The molecule has 0 aliphatic heterocycles. The van der Waals surface area contributed by atoms with Gasteiger partial charge in [0.2, 0.25) is 0 Å². The van der Waals surface area contributed by atoms with Gasteiger partial charge in [-0.05, 0) is 35.8 Å². The van der Waals surface area contributed by atoms with Crippen LogP contribution in [-0.4, -0.2) is 16.3 Å². The first-order valence-corrected chi connectivity index (χ1v) is 5.65. The summed E-state index contributed by atoms with van der Waals surface area (Å²) >= 11 is 3.44. The fourth-order valence-electron chi connectivity index (χ4n) is 1.25. The van der Waals surface area contributed by atoms with Crippen molar-refractivity contribution in [2.24, 2.45) is 0 Å². The number of rotatable bonds is 5. The van der Waals surface area contributed by atoms with Gasteiger partial charge in [0.25, 0.3) is 0 Å². The van der Waals surface area contributed by atoms with Crippen molar-refractivity contribution in [3.8, 4) is 0 Å². The Kier molecular flexibility index (Phi) is 8.46. The quantitative estimate of drug-likeness (QED) is 0.432. The third kappa shape index (κ3) is 6.05. The molecule has 0 bridgehead atoms. The van der Waals surface area contributed by atoms with Gasteiger partial charge in [-0.1, -0.05) is 52.7 Å². The number of hydrogen-bond donors (Lipinski definition) is 0. The Balaban J connectivity index is 0.00000144. The maximum absolute atomic E-state index is 3.44. The minimum atomic E-state index is 0. The molecule has 0 radical (unpaired) electrons. The van der Waals surface area contributed by atoms with Crippen LogP contribution in [0.15, 0.2) is 30.3 Å². The van der Waals surface area contributed by atoms with Gasteiger partial charge in [-0.3, -0.25) is 0 Å². The second-order valence-electron chi connectivity index (χ2n) is 2.99. The fraction of sp³-hybridized carbons (Fsp3) is 0.455. The first-order valence-electron chi connectivity index (χ1n) is 4.53. The van der Waals surface area contributed by atoms with Crippen LogP contribution < -0.4 is 0 Å². The zero-order valence-electron chi connectivity index (χ0n) is 7.30. The number of hydrogen-bond acceptors (Lipinski definition) is 0. The first kappa shape index (κ1) is 12.9. The monoisotopic (exact) mass is 258 g/mol. The SMILES string of the molecule is BrCCCCCc1ccccc1.[SiH4]. The highest BCUT2D eigenvalue weighted by molar-refractivity contribution is 9.09. The van der Waals surface area contributed by atoms with Crippen molar-refractivity contribution in [1.29, 1.82) is 0 Å². The molecular weight excluding hydrogens is 240 g/mol. The summed E-state index contributed by atoms with van der Waals surface area (Å²) in [5.74, 6) is 0. The molecule has 0 fully saturated rings. The molecule has 0 N–H and O–H groups in total. The van der Waals surface area contributed by atoms with E-state index in [1.165, 1.54) is 31.2 Å². The van der Waals surface area contributed by atoms with Gasteiger partial charge in [-0.25, -0.2) is 0 Å². The van der Waals surface area contributed by atoms with Crippen molar-refractivity contribution in [3.63, 3.8) is 0 Å². The molecule has 0 spiro atoms. The molecule has 0 aliphatic rings. The molecule has 1 rings (SSSR count). The third-order valence-corrected chi connectivity index (χ3v) is 2.50. The molecule has 74 valence electrons. The lowest BCUT2D eigenvalue weighted by Gasteiger charge is -1.99. The number of halogens is 1. The molecule has 0 amide bonds. The minimum Gasteiger partial charge on any atom is -0.0928 e. The van der Waals surface area contributed by atoms with Crippen LogP contribution in [0.5, 0.6) is 0 Å². The lowest BCUT2D eigenvalue weighted by atomic mass is 10.1. The van der Waals surface area contributed by atoms with Crippen molar-refractivity contribution in [2.45, 2.75) is 25.7 Å². The van der Waals surface area contributed by atoms with Crippen LogP contribution in [0.4, 0.5) is 0 Å². The number of aryl methyl sites for hydroxylation is 1. The normalized spacial score (nSPS) is 9.31. The van der Waals surface area contributed by atoms with Crippen molar-refractivity contribution in [1.82, 2.24) is 0 Å². The highest BCUT2D eigenvalue weighted by Crippen LogP contribution is 2.06. The summed E-state index contributed by atoms with van der Waals surface area (Å²) < 4.78 is 0. The Labute approximate surface area is 93.9 Å². The summed E-state index contributed by atoms with van der Waals surface area (Å²) in [5, 5.41) is 1.14. The van der Waals surface area contributed by atoms with Gasteiger partial charge < -0.3 is 0 Å². The average molecular weight is 259 g/mol. The van der Waals surface area contributed by atoms with E-state index < -0.39 is 0 Å². The number of alkyl halides is 1. The van der Waals surface area contributed by atoms with E-state index in [9.17, 15) is 0 Å². The lowest BCUT2D eigenvalue weighted by molar-refractivity contribution is 0.724. The summed E-state index contributed by atoms with van der Waals surface area (Å²) in [6, 6.07) is 10.7. The zero-order chi connectivity index (χ0) is 8.65. The van der Waals surface area contributed by atoms with E-state index in [4.69, 9.17) is 0 Å². The highest BCUT2D eigenvalue weighted by atomic mass is 79.9. The minimum absolute atomic E-state index is 0. The summed E-state index contributed by atoms with van der Waals surface area (Å²) in [6.45, 7) is 0. The summed E-state index contributed by atoms with van der Waals surface area (Å²) in [4.78, 5) is 0. The van der Waals surface area contributed by atoms with Gasteiger partial charge in [0.05, 0.1) is 0 Å². The van der Waals surface area contributed by atoms with E-state index in [1.54, 1.807) is 0 Å². The molecule has 1 aromatic rings. The first-order chi connectivity index (χ1) is 5.93. The smallest absolute Gasteiger partial charge is 0.00313 e. The molecular formula is C11H19BrSi. The molecule has 0 aromatic heterocycles. The van der Waals surface area contributed by atoms with E-state index in [1.807, 2.05) is 0 Å². The molecule has 2 heteroatoms. The largest absolute Gasteiger partial charge is 0.0928 e. The standard InChI is InChI=1S/C11H15Br.H4Si/c12-10-6-2-5-9-11-7-3-1-4-8-11;/h1,3-4,7-8H,2,5-6,9-10H2;1H4. The van der Waals surface area contributed by atoms with Crippen molar-refractivity contribution in [3.05, 3.63) is 35.9 Å². The number of benzene rings is 1. The van der Waals surface area contributed by atoms with Crippen molar-refractivity contribution >= 4 is 26.9 Å². The second-order valence-corrected chi connectivity index (χ2v) is 3.78. The Morgan fingerprint density at radius 1 is 0.923 bits per heavy atom. The van der Waals surface area contributed by atoms with Crippen LogP contribution in [0.2, 0.25) is 0 Å². The third-order valence-electron chi connectivity index (χ3n) is 1.94. The van der Waals surface area contributed by atoms with E-state index in [-0.39, 0.29) is 11.0 Å². The van der Waals surface area contributed by atoms with E-state index >= 15 is 0 Å². The van der Waals surface area contributed by atoms with Gasteiger partial charge in [0.15, 0.2) is 0 Å². The van der Waals surface area contributed by atoms with Gasteiger partial charge in [-0.2, -0.15) is 0 Å². The van der Waals surface area contributed by atoms with Gasteiger partial charge in [-0.15, -0.1) is 0 Å². The van der Waals surface area contributed by atoms with Crippen LogP contribution in [-0.2, 0) is 6.42 Å². The lowest BCUT2D eigenvalue weighted by Crippen LogP contribution is -1.85. The van der Waals surface area contributed by atoms with Crippen LogP contribution in [0.1, 0.15) is 24.8 Å². The summed E-state index contributed by atoms with van der Waals surface area (Å²) in [5.41, 5.74) is 1.46. The van der Waals surface area contributed by atoms with E-state index in [0.29, 0.717) is 0 Å². The van der Waals surface area contributed by atoms with Crippen molar-refractivity contribution in [2.75, 3.05) is 5.33 Å². The number of unbranched alkanes of at least 4 members (excludes halogenated alkanes) is 2. The molecule has 0 saturated heterocycles. The molecule has 13 heavy (non-hydrogen) atoms. The fourth-order valence-corrected chi connectivity index (χ4v) is 1.64. The molecule has 0 nitrogen and oxygen atoms in total. The predicted octanol–water partition coefficient (Wildman–Crippen LogP) is 2.34. The molecule has 0 aliphatic carbocycles. The molecule has 1 aromatic carbocycles. The molecule has 0 unspecified atom stereocenters. The maximum Gasteiger partial charge on any atom is 0.00313 e. The molecule has 0 heterocycles. The average Bonchev–Trinajstić information content (AvgIpc) is 2.14. The Hall–Kier alpha value is -0.0831. The maximum atomic E-state index is 3.44. The van der Waals surface area contributed by atoms with E-state index in [0.717, 1.165) is 5.33 Å². The Morgan fingerprint density at radius 3 is 2.23 bits per heavy atom. The summed E-state index contributed by atoms with van der Waals surface area (Å²) in [6.07, 6.45) is 5.18. The van der Waals surface area contributed by atoms with Crippen LogP contribution >= 0.6 is 15.9 Å². The Bertz CT molecular complexity index is 199. The van der Waals surface area contributed by atoms with E-state index in [2.05, 4.69) is 46.3 Å². The summed E-state index contributed by atoms with van der Waals surface area (Å²) in [7, 11) is 0.